The highest BCUT2D eigenvalue weighted by Crippen LogP contribution is 2.25. The molecule has 2 amide bonds. The molecular weight excluding hydrogens is 446 g/mol. The van der Waals surface area contributed by atoms with Gasteiger partial charge in [0.05, 0.1) is 17.1 Å². The Morgan fingerprint density at radius 1 is 1.06 bits per heavy atom. The molecule has 1 atom stereocenters. The number of hydrogen-bond donors (Lipinski definition) is 2. The first kappa shape index (κ1) is 24.4. The predicted molar refractivity (Wildman–Crippen MR) is 120 cm³/mol. The van der Waals surface area contributed by atoms with Crippen molar-refractivity contribution in [2.24, 2.45) is 11.7 Å². The number of carbonyl (C=O) groups excluding carboxylic acids is 3. The number of benzene rings is 2. The molecule has 2 aromatic carbocycles. The van der Waals surface area contributed by atoms with E-state index in [2.05, 4.69) is 5.32 Å². The molecule has 1 heterocycles. The summed E-state index contributed by atoms with van der Waals surface area (Å²) in [6, 6.07) is 13.3. The van der Waals surface area contributed by atoms with E-state index in [1.165, 1.54) is 28.6 Å². The lowest BCUT2D eigenvalue weighted by Gasteiger charge is -2.31. The molecule has 176 valence electrons. The Kier molecular flexibility index (Phi) is 7.83. The standard InChI is InChI=1S/C23H27N3O6S/c1-2-32-23(29)18-8-10-19(11-9-18)33(30,31)26-14-12-17(13-15-26)22(28)25-20(21(24)27)16-6-4-3-5-7-16/h3-11,17,20H,2,12-15H2,1H3,(H2,24,27)(H,25,28). The van der Waals surface area contributed by atoms with Gasteiger partial charge in [-0.2, -0.15) is 4.31 Å². The molecule has 1 unspecified atom stereocenters. The van der Waals surface area contributed by atoms with E-state index >= 15 is 0 Å². The molecular formula is C23H27N3O6S. The fraction of sp³-hybridized carbons (Fsp3) is 0.348. The van der Waals surface area contributed by atoms with E-state index < -0.39 is 33.9 Å². The molecule has 0 spiro atoms. The Bertz CT molecular complexity index is 1090. The molecule has 1 fully saturated rings. The van der Waals surface area contributed by atoms with Crippen LogP contribution < -0.4 is 11.1 Å². The largest absolute Gasteiger partial charge is 0.462 e. The SMILES string of the molecule is CCOC(=O)c1ccc(S(=O)(=O)N2CCC(C(=O)NC(C(N)=O)c3ccccc3)CC2)cc1. The van der Waals surface area contributed by atoms with Gasteiger partial charge in [0.1, 0.15) is 6.04 Å². The van der Waals surface area contributed by atoms with Gasteiger partial charge in [0.25, 0.3) is 0 Å². The van der Waals surface area contributed by atoms with Crippen LogP contribution in [0.3, 0.4) is 0 Å². The second-order valence-electron chi connectivity index (χ2n) is 7.68. The normalized spacial score (nSPS) is 16.0. The zero-order valence-corrected chi connectivity index (χ0v) is 19.1. The quantitative estimate of drug-likeness (QED) is 0.559. The summed E-state index contributed by atoms with van der Waals surface area (Å²) in [5.41, 5.74) is 6.33. The number of sulfonamides is 1. The number of esters is 1. The number of nitrogens with two attached hydrogens (primary N) is 1. The Morgan fingerprint density at radius 2 is 1.67 bits per heavy atom. The maximum atomic E-state index is 13.0. The summed E-state index contributed by atoms with van der Waals surface area (Å²) in [6.45, 7) is 2.24. The minimum Gasteiger partial charge on any atom is -0.462 e. The fourth-order valence-corrected chi connectivity index (χ4v) is 5.18. The van der Waals surface area contributed by atoms with Crippen LogP contribution in [0.2, 0.25) is 0 Å². The molecule has 1 aliphatic heterocycles. The predicted octanol–water partition coefficient (Wildman–Crippen LogP) is 1.61. The van der Waals surface area contributed by atoms with Crippen LogP contribution in [0.1, 0.15) is 41.7 Å². The molecule has 10 heteroatoms. The van der Waals surface area contributed by atoms with Crippen molar-refractivity contribution in [3.8, 4) is 0 Å². The molecule has 33 heavy (non-hydrogen) atoms. The molecule has 0 aliphatic carbocycles. The molecule has 1 saturated heterocycles. The summed E-state index contributed by atoms with van der Waals surface area (Å²) in [5, 5.41) is 2.69. The van der Waals surface area contributed by atoms with Crippen molar-refractivity contribution < 1.29 is 27.5 Å². The third-order valence-corrected chi connectivity index (χ3v) is 7.44. The van der Waals surface area contributed by atoms with Gasteiger partial charge < -0.3 is 15.8 Å². The summed E-state index contributed by atoms with van der Waals surface area (Å²) in [6.07, 6.45) is 0.624. The molecule has 9 nitrogen and oxygen atoms in total. The van der Waals surface area contributed by atoms with Gasteiger partial charge >= 0.3 is 5.97 Å². The highest BCUT2D eigenvalue weighted by molar-refractivity contribution is 7.89. The lowest BCUT2D eigenvalue weighted by molar-refractivity contribution is -0.130. The van der Waals surface area contributed by atoms with Gasteiger partial charge in [-0.25, -0.2) is 13.2 Å². The van der Waals surface area contributed by atoms with Crippen LogP contribution in [0.4, 0.5) is 0 Å². The van der Waals surface area contributed by atoms with Gasteiger partial charge in [-0.1, -0.05) is 30.3 Å². The van der Waals surface area contributed by atoms with Crippen LogP contribution in [-0.4, -0.2) is 50.2 Å². The summed E-state index contributed by atoms with van der Waals surface area (Å²) in [4.78, 5) is 36.4. The molecule has 0 aromatic heterocycles. The van der Waals surface area contributed by atoms with Gasteiger partial charge in [0.2, 0.25) is 21.8 Å². The lowest BCUT2D eigenvalue weighted by Crippen LogP contribution is -2.45. The zero-order chi connectivity index (χ0) is 24.0. The molecule has 0 radical (unpaired) electrons. The van der Waals surface area contributed by atoms with Crippen molar-refractivity contribution in [1.29, 1.82) is 0 Å². The van der Waals surface area contributed by atoms with E-state index in [0.717, 1.165) is 0 Å². The number of hydrogen-bond acceptors (Lipinski definition) is 6. The Hall–Kier alpha value is -3.24. The minimum atomic E-state index is -3.77. The van der Waals surface area contributed by atoms with Crippen molar-refractivity contribution in [3.63, 3.8) is 0 Å². The van der Waals surface area contributed by atoms with Crippen LogP contribution in [0, 0.1) is 5.92 Å². The number of carbonyl (C=O) groups is 3. The number of rotatable bonds is 8. The second-order valence-corrected chi connectivity index (χ2v) is 9.62. The maximum Gasteiger partial charge on any atom is 0.338 e. The number of nitrogens with zero attached hydrogens (tertiary/aromatic N) is 1. The summed E-state index contributed by atoms with van der Waals surface area (Å²) in [5.74, 6) is -1.95. The Morgan fingerprint density at radius 3 is 2.21 bits per heavy atom. The van der Waals surface area contributed by atoms with Gasteiger partial charge in [-0.15, -0.1) is 0 Å². The molecule has 3 rings (SSSR count). The van der Waals surface area contributed by atoms with Crippen LogP contribution in [0.5, 0.6) is 0 Å². The molecule has 0 bridgehead atoms. The van der Waals surface area contributed by atoms with Crippen LogP contribution in [0.15, 0.2) is 59.5 Å². The molecule has 3 N–H and O–H groups in total. The topological polar surface area (TPSA) is 136 Å². The molecule has 1 aliphatic rings. The van der Waals surface area contributed by atoms with E-state index in [-0.39, 0.29) is 36.1 Å². The van der Waals surface area contributed by atoms with Crippen LogP contribution in [0.25, 0.3) is 0 Å². The van der Waals surface area contributed by atoms with Crippen LogP contribution in [-0.2, 0) is 24.3 Å². The van der Waals surface area contributed by atoms with Crippen molar-refractivity contribution in [3.05, 3.63) is 65.7 Å². The first-order valence-corrected chi connectivity index (χ1v) is 12.1. The second kappa shape index (κ2) is 10.6. The summed E-state index contributed by atoms with van der Waals surface area (Å²) >= 11 is 0. The van der Waals surface area contributed by atoms with Crippen LogP contribution >= 0.6 is 0 Å². The molecule has 2 aromatic rings. The van der Waals surface area contributed by atoms with Gasteiger partial charge in [0.15, 0.2) is 0 Å². The third-order valence-electron chi connectivity index (χ3n) is 5.53. The first-order valence-electron chi connectivity index (χ1n) is 10.7. The first-order chi connectivity index (χ1) is 15.7. The van der Waals surface area contributed by atoms with E-state index in [9.17, 15) is 22.8 Å². The number of amides is 2. The van der Waals surface area contributed by atoms with Crippen molar-refractivity contribution >= 4 is 27.8 Å². The highest BCUT2D eigenvalue weighted by Gasteiger charge is 2.33. The summed E-state index contributed by atoms with van der Waals surface area (Å²) in [7, 11) is -3.77. The Balaban J connectivity index is 1.62. The highest BCUT2D eigenvalue weighted by atomic mass is 32.2. The van der Waals surface area contributed by atoms with Crippen molar-refractivity contribution in [2.75, 3.05) is 19.7 Å². The summed E-state index contributed by atoms with van der Waals surface area (Å²) < 4.78 is 32.2. The third kappa shape index (κ3) is 5.77. The van der Waals surface area contributed by atoms with E-state index in [0.29, 0.717) is 18.4 Å². The smallest absolute Gasteiger partial charge is 0.338 e. The Labute approximate surface area is 193 Å². The number of ether oxygens (including phenoxy) is 1. The fourth-order valence-electron chi connectivity index (χ4n) is 3.71. The van der Waals surface area contributed by atoms with E-state index in [4.69, 9.17) is 10.5 Å². The zero-order valence-electron chi connectivity index (χ0n) is 18.3. The van der Waals surface area contributed by atoms with E-state index in [1.807, 2.05) is 0 Å². The monoisotopic (exact) mass is 473 g/mol. The average Bonchev–Trinajstić information content (AvgIpc) is 2.83. The number of nitrogens with one attached hydrogen (secondary N) is 1. The lowest BCUT2D eigenvalue weighted by atomic mass is 9.96. The minimum absolute atomic E-state index is 0.0660. The van der Waals surface area contributed by atoms with Gasteiger partial charge in [0, 0.05) is 19.0 Å². The molecule has 0 saturated carbocycles. The van der Waals surface area contributed by atoms with Gasteiger partial charge in [-0.3, -0.25) is 9.59 Å². The number of primary amides is 1. The van der Waals surface area contributed by atoms with Crippen molar-refractivity contribution in [1.82, 2.24) is 9.62 Å². The van der Waals surface area contributed by atoms with Crippen molar-refractivity contribution in [2.45, 2.75) is 30.7 Å². The van der Waals surface area contributed by atoms with E-state index in [1.54, 1.807) is 37.3 Å². The average molecular weight is 474 g/mol. The number of piperidine rings is 1. The maximum absolute atomic E-state index is 13.0. The van der Waals surface area contributed by atoms with Gasteiger partial charge in [-0.05, 0) is 49.6 Å².